The summed E-state index contributed by atoms with van der Waals surface area (Å²) in [5.74, 6) is 0. The van der Waals surface area contributed by atoms with Gasteiger partial charge in [0.05, 0.1) is 6.61 Å². The number of rotatable bonds is 2. The first-order valence-electron chi connectivity index (χ1n) is 6.88. The van der Waals surface area contributed by atoms with Gasteiger partial charge in [0.15, 0.2) is 0 Å². The number of hydrogen-bond acceptors (Lipinski definition) is 2. The molecule has 1 heterocycles. The van der Waals surface area contributed by atoms with Crippen molar-refractivity contribution >= 4 is 5.69 Å². The Kier molecular flexibility index (Phi) is 3.06. The summed E-state index contributed by atoms with van der Waals surface area (Å²) in [5, 5.41) is 9.49. The summed E-state index contributed by atoms with van der Waals surface area (Å²) in [4.78, 5) is 2.57. The number of fused-ring (bicyclic) bond motifs is 1. The molecule has 0 radical (unpaired) electrons. The van der Waals surface area contributed by atoms with Crippen molar-refractivity contribution < 1.29 is 5.11 Å². The Morgan fingerprint density at radius 3 is 2.76 bits per heavy atom. The summed E-state index contributed by atoms with van der Waals surface area (Å²) in [5.41, 5.74) is 3.90. The smallest absolute Gasteiger partial charge is 0.0702 e. The molecule has 0 atom stereocenters. The highest BCUT2D eigenvalue weighted by Gasteiger charge is 2.28. The van der Waals surface area contributed by atoms with Gasteiger partial charge in [-0.15, -0.1) is 0 Å². The van der Waals surface area contributed by atoms with Gasteiger partial charge in [0.2, 0.25) is 0 Å². The van der Waals surface area contributed by atoms with Gasteiger partial charge in [0.1, 0.15) is 0 Å². The largest absolute Gasteiger partial charge is 0.392 e. The molecule has 0 unspecified atom stereocenters. The van der Waals surface area contributed by atoms with Crippen molar-refractivity contribution in [2.24, 2.45) is 0 Å². The molecule has 2 nitrogen and oxygen atoms in total. The van der Waals surface area contributed by atoms with E-state index in [1.165, 1.54) is 43.4 Å². The molecule has 0 spiro atoms. The molecule has 1 saturated carbocycles. The first-order valence-corrected chi connectivity index (χ1v) is 6.88. The lowest BCUT2D eigenvalue weighted by atomic mass is 9.94. The van der Waals surface area contributed by atoms with Crippen LogP contribution in [-0.4, -0.2) is 17.7 Å². The van der Waals surface area contributed by atoms with E-state index in [1.807, 2.05) is 0 Å². The van der Waals surface area contributed by atoms with Gasteiger partial charge in [-0.05, 0) is 24.8 Å². The van der Waals surface area contributed by atoms with Crippen LogP contribution >= 0.6 is 0 Å². The van der Waals surface area contributed by atoms with Gasteiger partial charge < -0.3 is 10.0 Å². The second-order valence-electron chi connectivity index (χ2n) is 5.32. The minimum absolute atomic E-state index is 0.173. The number of anilines is 1. The standard InChI is InChI=1S/C15H21NO/c17-11-13-6-4-5-12-9-10-16(15(12)13)14-7-2-1-3-8-14/h4-6,14,17H,1-3,7-11H2. The molecule has 1 aromatic rings. The van der Waals surface area contributed by atoms with Crippen LogP contribution < -0.4 is 4.90 Å². The molecule has 2 heteroatoms. The molecule has 0 aromatic heterocycles. The van der Waals surface area contributed by atoms with Crippen LogP contribution in [-0.2, 0) is 13.0 Å². The average Bonchev–Trinajstić information content (AvgIpc) is 2.83. The van der Waals surface area contributed by atoms with Crippen LogP contribution in [0.15, 0.2) is 18.2 Å². The number of hydrogen-bond donors (Lipinski definition) is 1. The van der Waals surface area contributed by atoms with Gasteiger partial charge in [-0.25, -0.2) is 0 Å². The van der Waals surface area contributed by atoms with E-state index in [4.69, 9.17) is 0 Å². The maximum atomic E-state index is 9.49. The van der Waals surface area contributed by atoms with Crippen LogP contribution in [0.2, 0.25) is 0 Å². The summed E-state index contributed by atoms with van der Waals surface area (Å²) < 4.78 is 0. The van der Waals surface area contributed by atoms with E-state index in [9.17, 15) is 5.11 Å². The number of nitrogens with zero attached hydrogens (tertiary/aromatic N) is 1. The monoisotopic (exact) mass is 231 g/mol. The fraction of sp³-hybridized carbons (Fsp3) is 0.600. The third-order valence-corrected chi connectivity index (χ3v) is 4.30. The fourth-order valence-corrected chi connectivity index (χ4v) is 3.45. The molecule has 1 aliphatic carbocycles. The topological polar surface area (TPSA) is 23.5 Å². The highest BCUT2D eigenvalue weighted by molar-refractivity contribution is 5.63. The number of benzene rings is 1. The van der Waals surface area contributed by atoms with Gasteiger partial charge in [0, 0.05) is 23.8 Å². The Morgan fingerprint density at radius 1 is 1.18 bits per heavy atom. The highest BCUT2D eigenvalue weighted by atomic mass is 16.3. The molecule has 1 aliphatic heterocycles. The van der Waals surface area contributed by atoms with Crippen LogP contribution in [0.4, 0.5) is 5.69 Å². The normalized spacial score (nSPS) is 20.6. The molecule has 1 fully saturated rings. The van der Waals surface area contributed by atoms with Gasteiger partial charge in [0.25, 0.3) is 0 Å². The van der Waals surface area contributed by atoms with E-state index in [0.29, 0.717) is 0 Å². The molecular formula is C15H21NO. The summed E-state index contributed by atoms with van der Waals surface area (Å²) >= 11 is 0. The van der Waals surface area contributed by atoms with Crippen molar-refractivity contribution in [2.45, 2.75) is 51.2 Å². The van der Waals surface area contributed by atoms with Gasteiger partial charge in [-0.3, -0.25) is 0 Å². The molecular weight excluding hydrogens is 210 g/mol. The SMILES string of the molecule is OCc1cccc2c1N(C1CCCCC1)CC2. The van der Waals surface area contributed by atoms with Crippen LogP contribution in [0.1, 0.15) is 43.2 Å². The predicted octanol–water partition coefficient (Wildman–Crippen LogP) is 2.87. The number of aliphatic hydroxyl groups excluding tert-OH is 1. The summed E-state index contributed by atoms with van der Waals surface area (Å²) in [6, 6.07) is 7.09. The minimum Gasteiger partial charge on any atom is -0.392 e. The first-order chi connectivity index (χ1) is 8.40. The van der Waals surface area contributed by atoms with Gasteiger partial charge in [-0.2, -0.15) is 0 Å². The van der Waals surface area contributed by atoms with Crippen LogP contribution in [0.5, 0.6) is 0 Å². The fourth-order valence-electron chi connectivity index (χ4n) is 3.45. The molecule has 0 saturated heterocycles. The third kappa shape index (κ3) is 1.95. The lowest BCUT2D eigenvalue weighted by Gasteiger charge is -2.34. The number of para-hydroxylation sites is 1. The second kappa shape index (κ2) is 4.69. The Hall–Kier alpha value is -1.02. The van der Waals surface area contributed by atoms with E-state index >= 15 is 0 Å². The lowest BCUT2D eigenvalue weighted by molar-refractivity contribution is 0.281. The predicted molar refractivity (Wildman–Crippen MR) is 70.3 cm³/mol. The van der Waals surface area contributed by atoms with E-state index < -0.39 is 0 Å². The Morgan fingerprint density at radius 2 is 2.00 bits per heavy atom. The molecule has 1 N–H and O–H groups in total. The zero-order chi connectivity index (χ0) is 11.7. The molecule has 0 bridgehead atoms. The molecule has 92 valence electrons. The van der Waals surface area contributed by atoms with Crippen molar-refractivity contribution in [1.82, 2.24) is 0 Å². The first kappa shape index (κ1) is 11.1. The van der Waals surface area contributed by atoms with E-state index in [0.717, 1.165) is 24.6 Å². The number of aliphatic hydroxyl groups is 1. The second-order valence-corrected chi connectivity index (χ2v) is 5.32. The third-order valence-electron chi connectivity index (χ3n) is 4.30. The molecule has 0 amide bonds. The molecule has 2 aliphatic rings. The molecule has 1 aromatic carbocycles. The molecule has 17 heavy (non-hydrogen) atoms. The van der Waals surface area contributed by atoms with Crippen molar-refractivity contribution in [2.75, 3.05) is 11.4 Å². The van der Waals surface area contributed by atoms with Gasteiger partial charge in [-0.1, -0.05) is 37.5 Å². The van der Waals surface area contributed by atoms with Crippen molar-refractivity contribution in [1.29, 1.82) is 0 Å². The Bertz CT molecular complexity index is 396. The lowest BCUT2D eigenvalue weighted by Crippen LogP contribution is -2.35. The quantitative estimate of drug-likeness (QED) is 0.846. The van der Waals surface area contributed by atoms with E-state index in [-0.39, 0.29) is 6.61 Å². The Labute approximate surface area is 103 Å². The van der Waals surface area contributed by atoms with Crippen molar-refractivity contribution in [3.8, 4) is 0 Å². The maximum absolute atomic E-state index is 9.49. The Balaban J connectivity index is 1.91. The summed E-state index contributed by atoms with van der Waals surface area (Å²) in [6.45, 7) is 1.32. The zero-order valence-corrected chi connectivity index (χ0v) is 10.4. The van der Waals surface area contributed by atoms with Crippen LogP contribution in [0.25, 0.3) is 0 Å². The maximum Gasteiger partial charge on any atom is 0.0702 e. The van der Waals surface area contributed by atoms with Crippen LogP contribution in [0.3, 0.4) is 0 Å². The van der Waals surface area contributed by atoms with Crippen molar-refractivity contribution in [3.63, 3.8) is 0 Å². The highest BCUT2D eigenvalue weighted by Crippen LogP contribution is 2.36. The summed E-state index contributed by atoms with van der Waals surface area (Å²) in [6.07, 6.45) is 7.96. The van der Waals surface area contributed by atoms with Crippen molar-refractivity contribution in [3.05, 3.63) is 29.3 Å². The molecule has 3 rings (SSSR count). The summed E-state index contributed by atoms with van der Waals surface area (Å²) in [7, 11) is 0. The average molecular weight is 231 g/mol. The van der Waals surface area contributed by atoms with Gasteiger partial charge >= 0.3 is 0 Å². The van der Waals surface area contributed by atoms with Crippen LogP contribution in [0, 0.1) is 0 Å². The van der Waals surface area contributed by atoms with E-state index in [2.05, 4.69) is 23.1 Å². The van der Waals surface area contributed by atoms with E-state index in [1.54, 1.807) is 0 Å². The minimum atomic E-state index is 0.173. The zero-order valence-electron chi connectivity index (χ0n) is 10.4.